The molecule has 1 atom stereocenters. The van der Waals surface area contributed by atoms with Crippen LogP contribution in [0, 0.1) is 5.92 Å². The molecule has 1 aromatic carbocycles. The minimum atomic E-state index is -3.56. The van der Waals surface area contributed by atoms with Crippen LogP contribution in [0.15, 0.2) is 23.1 Å². The molecule has 23 heavy (non-hydrogen) atoms. The third-order valence-electron chi connectivity index (χ3n) is 3.44. The molecule has 1 unspecified atom stereocenters. The number of anilines is 2. The SMILES string of the molecule is CNCC(C)C(=O)Nc1cc(S(=O)(=O)N(C)C)ccc1N(C)C. The van der Waals surface area contributed by atoms with Crippen molar-refractivity contribution in [2.45, 2.75) is 11.8 Å². The lowest BCUT2D eigenvalue weighted by molar-refractivity contribution is -0.119. The summed E-state index contributed by atoms with van der Waals surface area (Å²) in [5.74, 6) is -0.397. The van der Waals surface area contributed by atoms with E-state index < -0.39 is 10.0 Å². The Hall–Kier alpha value is -1.64. The fourth-order valence-corrected chi connectivity index (χ4v) is 2.96. The average molecular weight is 342 g/mol. The molecule has 0 aliphatic rings. The van der Waals surface area contributed by atoms with Crippen molar-refractivity contribution < 1.29 is 13.2 Å². The maximum absolute atomic E-state index is 12.3. The zero-order valence-corrected chi connectivity index (χ0v) is 15.4. The van der Waals surface area contributed by atoms with E-state index in [1.807, 2.05) is 25.9 Å². The van der Waals surface area contributed by atoms with Crippen LogP contribution < -0.4 is 15.5 Å². The Bertz CT molecular complexity index is 657. The quantitative estimate of drug-likeness (QED) is 0.766. The van der Waals surface area contributed by atoms with E-state index in [2.05, 4.69) is 10.6 Å². The largest absolute Gasteiger partial charge is 0.376 e. The molecule has 0 radical (unpaired) electrons. The van der Waals surface area contributed by atoms with Gasteiger partial charge in [0.1, 0.15) is 0 Å². The van der Waals surface area contributed by atoms with Gasteiger partial charge >= 0.3 is 0 Å². The van der Waals surface area contributed by atoms with Crippen molar-refractivity contribution >= 4 is 27.3 Å². The fourth-order valence-electron chi connectivity index (χ4n) is 2.03. The van der Waals surface area contributed by atoms with Crippen molar-refractivity contribution in [2.24, 2.45) is 5.92 Å². The van der Waals surface area contributed by atoms with Gasteiger partial charge in [-0.15, -0.1) is 0 Å². The van der Waals surface area contributed by atoms with Gasteiger partial charge in [-0.2, -0.15) is 0 Å². The first-order valence-corrected chi connectivity index (χ1v) is 8.74. The molecule has 0 aliphatic carbocycles. The molecule has 130 valence electrons. The summed E-state index contributed by atoms with van der Waals surface area (Å²) in [6, 6.07) is 4.72. The molecule has 7 nitrogen and oxygen atoms in total. The molecular weight excluding hydrogens is 316 g/mol. The summed E-state index contributed by atoms with van der Waals surface area (Å²) in [5.41, 5.74) is 1.22. The molecule has 1 aromatic rings. The zero-order valence-electron chi connectivity index (χ0n) is 14.5. The van der Waals surface area contributed by atoms with E-state index in [9.17, 15) is 13.2 Å². The van der Waals surface area contributed by atoms with Gasteiger partial charge in [-0.3, -0.25) is 4.79 Å². The maximum atomic E-state index is 12.3. The van der Waals surface area contributed by atoms with Gasteiger partial charge in [-0.1, -0.05) is 6.92 Å². The number of nitrogens with one attached hydrogen (secondary N) is 2. The lowest BCUT2D eigenvalue weighted by Gasteiger charge is -2.21. The van der Waals surface area contributed by atoms with E-state index in [0.717, 1.165) is 9.99 Å². The Morgan fingerprint density at radius 1 is 1.22 bits per heavy atom. The van der Waals surface area contributed by atoms with Gasteiger partial charge in [0.15, 0.2) is 0 Å². The van der Waals surface area contributed by atoms with Gasteiger partial charge in [-0.05, 0) is 25.2 Å². The number of amides is 1. The van der Waals surface area contributed by atoms with Crippen molar-refractivity contribution in [3.8, 4) is 0 Å². The number of benzene rings is 1. The van der Waals surface area contributed by atoms with Crippen LogP contribution in [0.4, 0.5) is 11.4 Å². The smallest absolute Gasteiger partial charge is 0.242 e. The second-order valence-corrected chi connectivity index (χ2v) is 7.96. The average Bonchev–Trinajstić information content (AvgIpc) is 2.46. The van der Waals surface area contributed by atoms with Crippen LogP contribution in [0.25, 0.3) is 0 Å². The Kier molecular flexibility index (Phi) is 6.55. The number of carbonyl (C=O) groups excluding carboxylic acids is 1. The number of carbonyl (C=O) groups is 1. The number of sulfonamides is 1. The van der Waals surface area contributed by atoms with Crippen LogP contribution >= 0.6 is 0 Å². The normalized spacial score (nSPS) is 13.0. The minimum Gasteiger partial charge on any atom is -0.376 e. The predicted octanol–water partition coefficient (Wildman–Crippen LogP) is 0.797. The summed E-state index contributed by atoms with van der Waals surface area (Å²) in [5, 5.41) is 5.77. The van der Waals surface area contributed by atoms with E-state index >= 15 is 0 Å². The van der Waals surface area contributed by atoms with Gasteiger partial charge in [0.2, 0.25) is 15.9 Å². The zero-order chi connectivity index (χ0) is 17.8. The molecule has 0 spiro atoms. The van der Waals surface area contributed by atoms with Gasteiger partial charge in [0.25, 0.3) is 0 Å². The fraction of sp³-hybridized carbons (Fsp3) is 0.533. The first-order chi connectivity index (χ1) is 10.6. The third kappa shape index (κ3) is 4.66. The molecule has 0 aromatic heterocycles. The molecule has 8 heteroatoms. The first-order valence-electron chi connectivity index (χ1n) is 7.30. The van der Waals surface area contributed by atoms with E-state index in [1.165, 1.54) is 26.2 Å². The number of hydrogen-bond acceptors (Lipinski definition) is 5. The molecule has 0 heterocycles. The molecule has 0 saturated carbocycles. The Labute approximate surface area is 138 Å². The third-order valence-corrected chi connectivity index (χ3v) is 5.26. The van der Waals surface area contributed by atoms with Crippen LogP contribution in [-0.2, 0) is 14.8 Å². The maximum Gasteiger partial charge on any atom is 0.242 e. The topological polar surface area (TPSA) is 81.8 Å². The summed E-state index contributed by atoms with van der Waals surface area (Å²) in [4.78, 5) is 14.2. The van der Waals surface area contributed by atoms with Crippen LogP contribution in [0.3, 0.4) is 0 Å². The van der Waals surface area contributed by atoms with Crippen LogP contribution in [0.1, 0.15) is 6.92 Å². The highest BCUT2D eigenvalue weighted by molar-refractivity contribution is 7.89. The predicted molar refractivity (Wildman–Crippen MR) is 93.4 cm³/mol. The van der Waals surface area contributed by atoms with Crippen LogP contribution in [0.5, 0.6) is 0 Å². The van der Waals surface area contributed by atoms with Crippen molar-refractivity contribution in [1.29, 1.82) is 0 Å². The number of nitrogens with zero attached hydrogens (tertiary/aromatic N) is 2. The second-order valence-electron chi connectivity index (χ2n) is 5.81. The molecule has 2 N–H and O–H groups in total. The van der Waals surface area contributed by atoms with Gasteiger partial charge in [0.05, 0.1) is 16.3 Å². The number of hydrogen-bond donors (Lipinski definition) is 2. The molecule has 1 rings (SSSR count). The van der Waals surface area contributed by atoms with E-state index in [0.29, 0.717) is 12.2 Å². The first kappa shape index (κ1) is 19.4. The molecular formula is C15H26N4O3S. The monoisotopic (exact) mass is 342 g/mol. The lowest BCUT2D eigenvalue weighted by atomic mass is 10.1. The lowest BCUT2D eigenvalue weighted by Crippen LogP contribution is -2.29. The van der Waals surface area contributed by atoms with Crippen LogP contribution in [-0.4, -0.2) is 60.4 Å². The summed E-state index contributed by atoms with van der Waals surface area (Å²) < 4.78 is 25.7. The summed E-state index contributed by atoms with van der Waals surface area (Å²) >= 11 is 0. The van der Waals surface area contributed by atoms with Crippen LogP contribution in [0.2, 0.25) is 0 Å². The van der Waals surface area contributed by atoms with E-state index in [4.69, 9.17) is 0 Å². The van der Waals surface area contributed by atoms with Gasteiger partial charge in [0, 0.05) is 40.7 Å². The van der Waals surface area contributed by atoms with Gasteiger partial charge < -0.3 is 15.5 Å². The highest BCUT2D eigenvalue weighted by Crippen LogP contribution is 2.29. The molecule has 0 bridgehead atoms. The Morgan fingerprint density at radius 2 is 1.83 bits per heavy atom. The molecule has 0 aliphatic heterocycles. The van der Waals surface area contributed by atoms with E-state index in [1.54, 1.807) is 13.1 Å². The summed E-state index contributed by atoms with van der Waals surface area (Å²) in [6.07, 6.45) is 0. The van der Waals surface area contributed by atoms with Crippen molar-refractivity contribution in [3.63, 3.8) is 0 Å². The van der Waals surface area contributed by atoms with E-state index in [-0.39, 0.29) is 16.7 Å². The van der Waals surface area contributed by atoms with Gasteiger partial charge in [-0.25, -0.2) is 12.7 Å². The number of rotatable bonds is 7. The van der Waals surface area contributed by atoms with Crippen molar-refractivity contribution in [3.05, 3.63) is 18.2 Å². The highest BCUT2D eigenvalue weighted by atomic mass is 32.2. The van der Waals surface area contributed by atoms with Crippen molar-refractivity contribution in [2.75, 3.05) is 52.0 Å². The second kappa shape index (κ2) is 7.76. The Balaban J connectivity index is 3.25. The highest BCUT2D eigenvalue weighted by Gasteiger charge is 2.21. The molecule has 0 fully saturated rings. The van der Waals surface area contributed by atoms with Crippen molar-refractivity contribution in [1.82, 2.24) is 9.62 Å². The standard InChI is InChI=1S/C15H26N4O3S/c1-11(10-16-2)15(20)17-13-9-12(23(21,22)19(5)6)7-8-14(13)18(3)4/h7-9,11,16H,10H2,1-6H3,(H,17,20). The molecule has 0 saturated heterocycles. The summed E-state index contributed by atoms with van der Waals surface area (Å²) in [6.45, 7) is 2.35. The molecule has 1 amide bonds. The minimum absolute atomic E-state index is 0.143. The Morgan fingerprint density at radius 3 is 2.30 bits per heavy atom. The summed E-state index contributed by atoms with van der Waals surface area (Å²) in [7, 11) is 4.84.